The van der Waals surface area contributed by atoms with Crippen molar-refractivity contribution in [3.05, 3.63) is 0 Å². The lowest BCUT2D eigenvalue weighted by Gasteiger charge is -2.35. The Labute approximate surface area is 101 Å². The lowest BCUT2D eigenvalue weighted by molar-refractivity contribution is 0.0363. The molecule has 1 amide bonds. The van der Waals surface area contributed by atoms with Gasteiger partial charge in [0.1, 0.15) is 6.10 Å². The topological polar surface area (TPSA) is 89.7 Å². The Bertz CT molecular complexity index is 395. The molecule has 0 aromatic heterocycles. The smallest absolute Gasteiger partial charge is 0.404 e. The quantitative estimate of drug-likeness (QED) is 0.781. The zero-order chi connectivity index (χ0) is 12.5. The van der Waals surface area contributed by atoms with Gasteiger partial charge in [-0.05, 0) is 25.7 Å². The third-order valence-corrected chi connectivity index (χ3v) is 5.42. The van der Waals surface area contributed by atoms with E-state index in [2.05, 4.69) is 0 Å². The van der Waals surface area contributed by atoms with Crippen molar-refractivity contribution in [2.45, 2.75) is 44.2 Å². The highest BCUT2D eigenvalue weighted by atomic mass is 32.2. The monoisotopic (exact) mass is 262 g/mol. The third kappa shape index (κ3) is 2.71. The zero-order valence-electron chi connectivity index (χ0n) is 9.67. The van der Waals surface area contributed by atoms with Crippen molar-refractivity contribution in [3.8, 4) is 0 Å². The number of hydrogen-bond donors (Lipinski definition) is 1. The summed E-state index contributed by atoms with van der Waals surface area (Å²) < 4.78 is 30.2. The van der Waals surface area contributed by atoms with Crippen LogP contribution in [0.25, 0.3) is 0 Å². The first-order valence-corrected chi connectivity index (χ1v) is 7.57. The molecular weight excluding hydrogens is 244 g/mol. The third-order valence-electron chi connectivity index (χ3n) is 3.44. The van der Waals surface area contributed by atoms with Crippen molar-refractivity contribution in [1.82, 2.24) is 4.31 Å². The zero-order valence-corrected chi connectivity index (χ0v) is 10.5. The minimum Gasteiger partial charge on any atom is -0.445 e. The molecule has 0 bridgehead atoms. The van der Waals surface area contributed by atoms with Crippen LogP contribution in [-0.2, 0) is 14.8 Å². The van der Waals surface area contributed by atoms with Gasteiger partial charge in [0.05, 0.1) is 11.8 Å². The molecule has 6 nitrogen and oxygen atoms in total. The first-order valence-electron chi connectivity index (χ1n) is 5.96. The Morgan fingerprint density at radius 1 is 1.24 bits per heavy atom. The van der Waals surface area contributed by atoms with Gasteiger partial charge in [-0.3, -0.25) is 0 Å². The molecule has 0 spiro atoms. The molecule has 1 saturated carbocycles. The van der Waals surface area contributed by atoms with Crippen molar-refractivity contribution in [3.63, 3.8) is 0 Å². The molecule has 2 fully saturated rings. The summed E-state index contributed by atoms with van der Waals surface area (Å²) in [6.45, 7) is 0.533. The molecule has 1 aliphatic heterocycles. The van der Waals surface area contributed by atoms with Crippen molar-refractivity contribution in [2.75, 3.05) is 12.3 Å². The van der Waals surface area contributed by atoms with E-state index in [0.29, 0.717) is 19.4 Å². The maximum atomic E-state index is 11.8. The molecule has 0 radical (unpaired) electrons. The SMILES string of the molecule is NC(=O)O[C@@H]1CCCC[C@H]1N1CCCS1(=O)=O. The van der Waals surface area contributed by atoms with E-state index < -0.39 is 16.1 Å². The Morgan fingerprint density at radius 3 is 2.53 bits per heavy atom. The summed E-state index contributed by atoms with van der Waals surface area (Å²) >= 11 is 0. The molecule has 0 aromatic rings. The summed E-state index contributed by atoms with van der Waals surface area (Å²) in [7, 11) is -3.15. The Morgan fingerprint density at radius 2 is 1.94 bits per heavy atom. The molecule has 1 aliphatic carbocycles. The Hall–Kier alpha value is -0.820. The number of rotatable bonds is 2. The highest BCUT2D eigenvalue weighted by Crippen LogP contribution is 2.30. The van der Waals surface area contributed by atoms with Crippen molar-refractivity contribution < 1.29 is 17.9 Å². The number of hydrogen-bond acceptors (Lipinski definition) is 4. The summed E-state index contributed by atoms with van der Waals surface area (Å²) in [4.78, 5) is 10.8. The van der Waals surface area contributed by atoms with Crippen molar-refractivity contribution >= 4 is 16.1 Å². The molecule has 1 saturated heterocycles. The normalized spacial score (nSPS) is 33.4. The number of primary amides is 1. The van der Waals surface area contributed by atoms with E-state index in [1.54, 1.807) is 0 Å². The van der Waals surface area contributed by atoms with Crippen LogP contribution in [-0.4, -0.2) is 43.3 Å². The highest BCUT2D eigenvalue weighted by Gasteiger charge is 2.40. The summed E-state index contributed by atoms with van der Waals surface area (Å²) in [5.74, 6) is 0.201. The molecule has 1 heterocycles. The van der Waals surface area contributed by atoms with Gasteiger partial charge in [-0.1, -0.05) is 6.42 Å². The molecule has 2 aliphatic rings. The largest absolute Gasteiger partial charge is 0.445 e. The molecular formula is C10H18N2O4S. The first kappa shape index (κ1) is 12.6. The van der Waals surface area contributed by atoms with Gasteiger partial charge in [-0.15, -0.1) is 0 Å². The summed E-state index contributed by atoms with van der Waals surface area (Å²) in [5, 5.41) is 0. The van der Waals surface area contributed by atoms with Gasteiger partial charge in [0.2, 0.25) is 10.0 Å². The van der Waals surface area contributed by atoms with Gasteiger partial charge in [-0.2, -0.15) is 4.31 Å². The van der Waals surface area contributed by atoms with Crippen molar-refractivity contribution in [1.29, 1.82) is 0 Å². The Kier molecular flexibility index (Phi) is 3.58. The summed E-state index contributed by atoms with van der Waals surface area (Å²) in [6, 6.07) is -0.219. The fourth-order valence-corrected chi connectivity index (χ4v) is 4.51. The van der Waals surface area contributed by atoms with E-state index in [0.717, 1.165) is 19.3 Å². The number of carbonyl (C=O) groups is 1. The molecule has 7 heteroatoms. The number of amides is 1. The van der Waals surface area contributed by atoms with E-state index in [1.807, 2.05) is 0 Å². The molecule has 17 heavy (non-hydrogen) atoms. The molecule has 2 N–H and O–H groups in total. The van der Waals surface area contributed by atoms with Crippen LogP contribution >= 0.6 is 0 Å². The van der Waals surface area contributed by atoms with Gasteiger partial charge in [-0.25, -0.2) is 13.2 Å². The van der Waals surface area contributed by atoms with Crippen LogP contribution in [0.1, 0.15) is 32.1 Å². The second-order valence-corrected chi connectivity index (χ2v) is 6.65. The standard InChI is InChI=1S/C10H18N2O4S/c11-10(13)16-9-5-2-1-4-8(9)12-6-3-7-17(12,14)15/h8-9H,1-7H2,(H2,11,13)/t8-,9-/m1/s1. The minimum atomic E-state index is -3.15. The molecule has 2 atom stereocenters. The van der Waals surface area contributed by atoms with Gasteiger partial charge >= 0.3 is 6.09 Å². The van der Waals surface area contributed by atoms with Gasteiger partial charge in [0.15, 0.2) is 0 Å². The number of nitrogens with two attached hydrogens (primary N) is 1. The van der Waals surface area contributed by atoms with Crippen molar-refractivity contribution in [2.24, 2.45) is 5.73 Å². The van der Waals surface area contributed by atoms with Crippen LogP contribution in [0.3, 0.4) is 0 Å². The van der Waals surface area contributed by atoms with Crippen LogP contribution in [0.4, 0.5) is 4.79 Å². The fourth-order valence-electron chi connectivity index (χ4n) is 2.72. The van der Waals surface area contributed by atoms with Crippen LogP contribution in [0.5, 0.6) is 0 Å². The maximum absolute atomic E-state index is 11.8. The van der Waals surface area contributed by atoms with Gasteiger partial charge in [0.25, 0.3) is 0 Å². The average Bonchev–Trinajstić information content (AvgIpc) is 2.58. The minimum absolute atomic E-state index is 0.201. The van der Waals surface area contributed by atoms with E-state index in [9.17, 15) is 13.2 Å². The number of nitrogens with zero attached hydrogens (tertiary/aromatic N) is 1. The molecule has 0 aromatic carbocycles. The van der Waals surface area contributed by atoms with E-state index in [4.69, 9.17) is 10.5 Å². The van der Waals surface area contributed by atoms with Gasteiger partial charge < -0.3 is 10.5 Å². The lowest BCUT2D eigenvalue weighted by atomic mass is 9.92. The van der Waals surface area contributed by atoms with E-state index >= 15 is 0 Å². The molecule has 98 valence electrons. The second-order valence-electron chi connectivity index (χ2n) is 4.61. The predicted molar refractivity (Wildman–Crippen MR) is 61.8 cm³/mol. The first-order chi connectivity index (χ1) is 8.00. The number of ether oxygens (including phenoxy) is 1. The number of sulfonamides is 1. The highest BCUT2D eigenvalue weighted by molar-refractivity contribution is 7.89. The van der Waals surface area contributed by atoms with Crippen LogP contribution in [0, 0.1) is 0 Å². The van der Waals surface area contributed by atoms with E-state index in [1.165, 1.54) is 4.31 Å². The lowest BCUT2D eigenvalue weighted by Crippen LogP contribution is -2.48. The van der Waals surface area contributed by atoms with Crippen LogP contribution in [0.2, 0.25) is 0 Å². The van der Waals surface area contributed by atoms with Crippen LogP contribution < -0.4 is 5.73 Å². The predicted octanol–water partition coefficient (Wildman–Crippen LogP) is 0.428. The summed E-state index contributed by atoms with van der Waals surface area (Å²) in [5.41, 5.74) is 5.02. The summed E-state index contributed by atoms with van der Waals surface area (Å²) in [6.07, 6.45) is 2.81. The average molecular weight is 262 g/mol. The van der Waals surface area contributed by atoms with E-state index in [-0.39, 0.29) is 17.9 Å². The Balaban J connectivity index is 2.13. The van der Waals surface area contributed by atoms with Gasteiger partial charge in [0, 0.05) is 6.54 Å². The molecule has 2 rings (SSSR count). The number of carbonyl (C=O) groups excluding carboxylic acids is 1. The van der Waals surface area contributed by atoms with Crippen LogP contribution in [0.15, 0.2) is 0 Å². The second kappa shape index (κ2) is 4.81. The molecule has 0 unspecified atom stereocenters. The maximum Gasteiger partial charge on any atom is 0.404 e. The fraction of sp³-hybridized carbons (Fsp3) is 0.900.